The van der Waals surface area contributed by atoms with Crippen LogP contribution in [0.4, 0.5) is 17.6 Å². The van der Waals surface area contributed by atoms with Crippen molar-refractivity contribution in [2.24, 2.45) is 0 Å². The maximum absolute atomic E-state index is 14.4. The molecule has 0 spiro atoms. The third-order valence-electron chi connectivity index (χ3n) is 6.52. The van der Waals surface area contributed by atoms with Gasteiger partial charge in [0.15, 0.2) is 11.5 Å². The van der Waals surface area contributed by atoms with Gasteiger partial charge in [-0.2, -0.15) is 18.3 Å². The lowest BCUT2D eigenvalue weighted by Crippen LogP contribution is -2.31. The van der Waals surface area contributed by atoms with Crippen LogP contribution in [0.5, 0.6) is 0 Å². The van der Waals surface area contributed by atoms with E-state index < -0.39 is 53.8 Å². The van der Waals surface area contributed by atoms with E-state index in [-0.39, 0.29) is 22.6 Å². The Bertz CT molecular complexity index is 1690. The molecule has 11 nitrogen and oxygen atoms in total. The molecule has 1 atom stereocenters. The normalized spacial score (nSPS) is 14.7. The minimum absolute atomic E-state index is 0.133. The van der Waals surface area contributed by atoms with E-state index in [9.17, 15) is 37.1 Å². The summed E-state index contributed by atoms with van der Waals surface area (Å²) in [6.07, 6.45) is -2.04. The molecular formula is C25H19F4N7O4. The van der Waals surface area contributed by atoms with E-state index in [0.29, 0.717) is 18.4 Å². The van der Waals surface area contributed by atoms with Crippen molar-refractivity contribution in [1.29, 1.82) is 0 Å². The van der Waals surface area contributed by atoms with Crippen molar-refractivity contribution < 1.29 is 37.1 Å². The fourth-order valence-corrected chi connectivity index (χ4v) is 4.60. The maximum Gasteiger partial charge on any atom is 0.451 e. The fraction of sp³-hybridized carbons (Fsp3) is 0.240. The highest BCUT2D eigenvalue weighted by Gasteiger charge is 2.34. The lowest BCUT2D eigenvalue weighted by molar-refractivity contribution is -0.145. The molecule has 1 aliphatic carbocycles. The highest BCUT2D eigenvalue weighted by molar-refractivity contribution is 5.98. The first-order chi connectivity index (χ1) is 18.9. The number of carbonyl (C=O) groups is 3. The summed E-state index contributed by atoms with van der Waals surface area (Å²) in [5.74, 6) is -4.93. The summed E-state index contributed by atoms with van der Waals surface area (Å²) in [5.41, 5.74) is 1.19. The summed E-state index contributed by atoms with van der Waals surface area (Å²) in [4.78, 5) is 48.0. The van der Waals surface area contributed by atoms with Crippen molar-refractivity contribution in [3.05, 3.63) is 87.6 Å². The molecular weight excluding hydrogens is 538 g/mol. The summed E-state index contributed by atoms with van der Waals surface area (Å²) in [6, 6.07) is 4.88. The van der Waals surface area contributed by atoms with E-state index in [0.717, 1.165) is 34.1 Å². The van der Waals surface area contributed by atoms with Crippen LogP contribution in [-0.2, 0) is 19.1 Å². The fourth-order valence-electron chi connectivity index (χ4n) is 4.60. The molecule has 15 heteroatoms. The second-order valence-electron chi connectivity index (χ2n) is 8.98. The van der Waals surface area contributed by atoms with Gasteiger partial charge < -0.3 is 15.7 Å². The van der Waals surface area contributed by atoms with Crippen molar-refractivity contribution >= 4 is 23.4 Å². The van der Waals surface area contributed by atoms with Crippen LogP contribution in [0.15, 0.2) is 36.7 Å². The summed E-state index contributed by atoms with van der Waals surface area (Å²) < 4.78 is 54.0. The molecule has 4 aromatic rings. The van der Waals surface area contributed by atoms with Crippen molar-refractivity contribution in [3.63, 3.8) is 0 Å². The number of aromatic nitrogens is 5. The summed E-state index contributed by atoms with van der Waals surface area (Å²) in [7, 11) is 0. The SMILES string of the molecule is Cc1c(C(=O)O)ccc2c1CC[C@@H]2NC(=O)c1cc(C(=O)NCc2ccnc(C(F)(F)F)n2)nc2c(F)cnn12. The number of benzene rings is 1. The van der Waals surface area contributed by atoms with E-state index in [2.05, 4.69) is 30.7 Å². The van der Waals surface area contributed by atoms with Crippen LogP contribution < -0.4 is 10.6 Å². The van der Waals surface area contributed by atoms with E-state index >= 15 is 0 Å². The Kier molecular flexibility index (Phi) is 6.65. The first-order valence-corrected chi connectivity index (χ1v) is 11.8. The number of nitrogens with zero attached hydrogens (tertiary/aromatic N) is 5. The highest BCUT2D eigenvalue weighted by Crippen LogP contribution is 2.35. The van der Waals surface area contributed by atoms with Gasteiger partial charge in [-0.3, -0.25) is 9.59 Å². The number of hydrogen-bond donors (Lipinski definition) is 3. The van der Waals surface area contributed by atoms with Crippen molar-refractivity contribution in [1.82, 2.24) is 35.2 Å². The van der Waals surface area contributed by atoms with Crippen molar-refractivity contribution in [2.75, 3.05) is 0 Å². The molecule has 3 aromatic heterocycles. The summed E-state index contributed by atoms with van der Waals surface area (Å²) >= 11 is 0. The van der Waals surface area contributed by atoms with Gasteiger partial charge in [0.05, 0.1) is 30.0 Å². The van der Waals surface area contributed by atoms with Crippen LogP contribution in [0.25, 0.3) is 5.65 Å². The number of hydrogen-bond acceptors (Lipinski definition) is 7. The molecule has 0 saturated heterocycles. The molecule has 0 aliphatic heterocycles. The molecule has 5 rings (SSSR count). The number of amides is 2. The molecule has 0 radical (unpaired) electrons. The third-order valence-corrected chi connectivity index (χ3v) is 6.52. The Hall–Kier alpha value is -4.95. The standard InChI is InChI=1S/C25H19F4N7O4/c1-11-13-4-5-17(15(13)3-2-14(11)23(39)40)35-22(38)19-8-18(34-20-16(26)10-32-36(19)20)21(37)31-9-12-6-7-30-24(33-12)25(27,28)29/h2-3,6-8,10,17H,4-5,9H2,1H3,(H,31,37)(H,35,38)(H,39,40)/t17-/m0/s1. The van der Waals surface area contributed by atoms with Crippen LogP contribution in [0, 0.1) is 12.7 Å². The lowest BCUT2D eigenvalue weighted by atomic mass is 9.98. The van der Waals surface area contributed by atoms with Gasteiger partial charge >= 0.3 is 12.1 Å². The van der Waals surface area contributed by atoms with Crippen LogP contribution in [0.2, 0.25) is 0 Å². The Morgan fingerprint density at radius 3 is 2.65 bits per heavy atom. The third kappa shape index (κ3) is 4.92. The zero-order chi connectivity index (χ0) is 28.8. The number of aromatic carboxylic acids is 1. The molecule has 3 heterocycles. The molecule has 2 amide bonds. The topological polar surface area (TPSA) is 151 Å². The van der Waals surface area contributed by atoms with Gasteiger partial charge in [-0.1, -0.05) is 6.07 Å². The smallest absolute Gasteiger partial charge is 0.451 e. The summed E-state index contributed by atoms with van der Waals surface area (Å²) in [6.45, 7) is 1.28. The number of nitrogens with one attached hydrogen (secondary N) is 2. The summed E-state index contributed by atoms with van der Waals surface area (Å²) in [5, 5.41) is 18.4. The quantitative estimate of drug-likeness (QED) is 0.306. The van der Waals surface area contributed by atoms with Gasteiger partial charge in [-0.25, -0.2) is 28.7 Å². The molecule has 0 fully saturated rings. The average molecular weight is 557 g/mol. The predicted octanol–water partition coefficient (Wildman–Crippen LogP) is 3.03. The lowest BCUT2D eigenvalue weighted by Gasteiger charge is -2.16. The Morgan fingerprint density at radius 1 is 1.15 bits per heavy atom. The zero-order valence-corrected chi connectivity index (χ0v) is 20.6. The minimum atomic E-state index is -4.77. The van der Waals surface area contributed by atoms with Crippen LogP contribution in [-0.4, -0.2) is 47.5 Å². The van der Waals surface area contributed by atoms with Gasteiger partial charge in [0.2, 0.25) is 5.82 Å². The second-order valence-corrected chi connectivity index (χ2v) is 8.98. The first kappa shape index (κ1) is 26.6. The molecule has 40 heavy (non-hydrogen) atoms. The Labute approximate surface area is 222 Å². The number of carboxylic acid groups (broad SMARTS) is 1. The zero-order valence-electron chi connectivity index (χ0n) is 20.6. The Morgan fingerprint density at radius 2 is 1.93 bits per heavy atom. The van der Waals surface area contributed by atoms with Crippen LogP contribution in [0.3, 0.4) is 0 Å². The molecule has 1 aliphatic rings. The minimum Gasteiger partial charge on any atom is -0.478 e. The van der Waals surface area contributed by atoms with Gasteiger partial charge in [-0.05, 0) is 48.6 Å². The number of carbonyl (C=O) groups excluding carboxylic acids is 2. The molecule has 0 saturated carbocycles. The first-order valence-electron chi connectivity index (χ1n) is 11.8. The van der Waals surface area contributed by atoms with Gasteiger partial charge in [-0.15, -0.1) is 0 Å². The van der Waals surface area contributed by atoms with Crippen molar-refractivity contribution in [3.8, 4) is 0 Å². The molecule has 0 unspecified atom stereocenters. The van der Waals surface area contributed by atoms with E-state index in [1.807, 2.05) is 0 Å². The number of alkyl halides is 3. The van der Waals surface area contributed by atoms with Gasteiger partial charge in [0, 0.05) is 12.3 Å². The average Bonchev–Trinajstić information content (AvgIpc) is 3.50. The number of carboxylic acids is 1. The molecule has 0 bridgehead atoms. The Balaban J connectivity index is 1.39. The van der Waals surface area contributed by atoms with Crippen LogP contribution >= 0.6 is 0 Å². The maximum atomic E-state index is 14.4. The molecule has 3 N–H and O–H groups in total. The predicted molar refractivity (Wildman–Crippen MR) is 128 cm³/mol. The largest absolute Gasteiger partial charge is 0.478 e. The van der Waals surface area contributed by atoms with E-state index in [4.69, 9.17) is 0 Å². The number of halogens is 4. The monoisotopic (exact) mass is 557 g/mol. The van der Waals surface area contributed by atoms with E-state index in [1.165, 1.54) is 12.1 Å². The number of fused-ring (bicyclic) bond motifs is 2. The van der Waals surface area contributed by atoms with E-state index in [1.54, 1.807) is 13.0 Å². The van der Waals surface area contributed by atoms with Gasteiger partial charge in [0.1, 0.15) is 11.4 Å². The molecule has 206 valence electrons. The second kappa shape index (κ2) is 9.98. The van der Waals surface area contributed by atoms with Crippen molar-refractivity contribution in [2.45, 2.75) is 38.5 Å². The van der Waals surface area contributed by atoms with Gasteiger partial charge in [0.25, 0.3) is 11.8 Å². The molecule has 1 aromatic carbocycles. The number of rotatable bonds is 6. The highest BCUT2D eigenvalue weighted by atomic mass is 19.4. The van der Waals surface area contributed by atoms with Crippen LogP contribution in [0.1, 0.15) is 72.0 Å².